The molecule has 0 aliphatic rings. The van der Waals surface area contributed by atoms with Gasteiger partial charge in [-0.25, -0.2) is 0 Å². The van der Waals surface area contributed by atoms with Gasteiger partial charge in [0, 0.05) is 30.9 Å². The average molecular weight is 345 g/mol. The van der Waals surface area contributed by atoms with E-state index in [0.717, 1.165) is 11.1 Å². The lowest BCUT2D eigenvalue weighted by Crippen LogP contribution is -2.24. The largest absolute Gasteiger partial charge is 0.457 e. The van der Waals surface area contributed by atoms with Crippen molar-refractivity contribution in [1.82, 2.24) is 15.3 Å². The fourth-order valence-electron chi connectivity index (χ4n) is 2.38. The Bertz CT molecular complexity index is 880. The lowest BCUT2D eigenvalue weighted by atomic mass is 10.1. The number of nitrogens with zero attached hydrogens (tertiary/aromatic N) is 2. The number of aromatic nitrogens is 2. The van der Waals surface area contributed by atoms with Crippen LogP contribution < -0.4 is 10.1 Å². The minimum atomic E-state index is -0.158. The molecule has 1 N–H and O–H groups in total. The molecule has 0 saturated carbocycles. The van der Waals surface area contributed by atoms with Crippen molar-refractivity contribution in [2.45, 2.75) is 13.0 Å². The molecule has 0 fully saturated rings. The van der Waals surface area contributed by atoms with E-state index < -0.39 is 0 Å². The second-order valence-corrected chi connectivity index (χ2v) is 5.70. The molecule has 1 aromatic carbocycles. The van der Waals surface area contributed by atoms with E-state index in [1.807, 2.05) is 43.3 Å². The fraction of sp³-hybridized carbons (Fsp3) is 0.0952. The highest BCUT2D eigenvalue weighted by Crippen LogP contribution is 2.24. The lowest BCUT2D eigenvalue weighted by molar-refractivity contribution is -0.117. The molecule has 0 spiro atoms. The minimum absolute atomic E-state index is 0.148. The number of carbonyl (C=O) groups is 1. The summed E-state index contributed by atoms with van der Waals surface area (Å²) >= 11 is 0. The second kappa shape index (κ2) is 8.58. The smallest absolute Gasteiger partial charge is 0.244 e. The van der Waals surface area contributed by atoms with Gasteiger partial charge in [-0.1, -0.05) is 12.1 Å². The first-order valence-corrected chi connectivity index (χ1v) is 8.27. The van der Waals surface area contributed by atoms with Crippen LogP contribution in [0.25, 0.3) is 6.08 Å². The first kappa shape index (κ1) is 17.4. The molecular weight excluding hydrogens is 326 g/mol. The third-order valence-electron chi connectivity index (χ3n) is 3.74. The van der Waals surface area contributed by atoms with Gasteiger partial charge >= 0.3 is 0 Å². The fourth-order valence-corrected chi connectivity index (χ4v) is 2.38. The average Bonchev–Trinajstić information content (AvgIpc) is 2.68. The van der Waals surface area contributed by atoms with Crippen LogP contribution in [0.4, 0.5) is 0 Å². The zero-order valence-electron chi connectivity index (χ0n) is 14.4. The summed E-state index contributed by atoms with van der Waals surface area (Å²) in [7, 11) is 0. The molecular formula is C21H19N3O2. The number of amides is 1. The molecule has 1 atom stereocenters. The van der Waals surface area contributed by atoms with Crippen molar-refractivity contribution in [1.29, 1.82) is 0 Å². The standard InChI is InChI=1S/C21H19N3O2/c1-16(24-21(25)6-5-17-7-11-22-12-8-17)18-3-2-4-20(15-18)26-19-9-13-23-14-10-19/h2-16H,1H3,(H,24,25)/t16-/m0/s1. The zero-order valence-corrected chi connectivity index (χ0v) is 14.4. The summed E-state index contributed by atoms with van der Waals surface area (Å²) < 4.78 is 5.81. The monoisotopic (exact) mass is 345 g/mol. The first-order chi connectivity index (χ1) is 12.7. The van der Waals surface area contributed by atoms with Crippen LogP contribution in [0.2, 0.25) is 0 Å². The van der Waals surface area contributed by atoms with Crippen molar-refractivity contribution in [2.75, 3.05) is 0 Å². The molecule has 0 saturated heterocycles. The quantitative estimate of drug-likeness (QED) is 0.681. The van der Waals surface area contributed by atoms with Gasteiger partial charge in [-0.05, 0) is 60.5 Å². The van der Waals surface area contributed by atoms with Crippen LogP contribution in [0.5, 0.6) is 11.5 Å². The Hall–Kier alpha value is -3.47. The Morgan fingerprint density at radius 2 is 1.69 bits per heavy atom. The van der Waals surface area contributed by atoms with E-state index in [1.165, 1.54) is 6.08 Å². The van der Waals surface area contributed by atoms with Crippen molar-refractivity contribution in [3.63, 3.8) is 0 Å². The van der Waals surface area contributed by atoms with Crippen LogP contribution in [-0.2, 0) is 4.79 Å². The van der Waals surface area contributed by atoms with Crippen LogP contribution in [-0.4, -0.2) is 15.9 Å². The summed E-state index contributed by atoms with van der Waals surface area (Å²) in [4.78, 5) is 20.0. The van der Waals surface area contributed by atoms with Crippen molar-refractivity contribution in [3.8, 4) is 11.5 Å². The van der Waals surface area contributed by atoms with E-state index in [9.17, 15) is 4.79 Å². The third kappa shape index (κ3) is 5.01. The predicted molar refractivity (Wildman–Crippen MR) is 101 cm³/mol. The molecule has 5 nitrogen and oxygen atoms in total. The molecule has 3 rings (SSSR count). The molecule has 5 heteroatoms. The van der Waals surface area contributed by atoms with Crippen molar-refractivity contribution in [3.05, 3.63) is 90.5 Å². The van der Waals surface area contributed by atoms with Crippen LogP contribution >= 0.6 is 0 Å². The molecule has 26 heavy (non-hydrogen) atoms. The molecule has 0 aliphatic carbocycles. The molecule has 2 aromatic heterocycles. The normalized spacial score (nSPS) is 11.9. The maximum atomic E-state index is 12.1. The summed E-state index contributed by atoms with van der Waals surface area (Å²) in [5.74, 6) is 1.27. The van der Waals surface area contributed by atoms with Crippen LogP contribution in [0.1, 0.15) is 24.1 Å². The SMILES string of the molecule is C[C@H](NC(=O)C=Cc1ccncc1)c1cccc(Oc2ccncc2)c1. The Labute approximate surface area is 152 Å². The number of pyridine rings is 2. The Morgan fingerprint density at radius 3 is 2.42 bits per heavy atom. The number of carbonyl (C=O) groups excluding carboxylic acids is 1. The Kier molecular flexibility index (Phi) is 5.72. The highest BCUT2D eigenvalue weighted by Gasteiger charge is 2.09. The summed E-state index contributed by atoms with van der Waals surface area (Å²) in [6.45, 7) is 1.93. The van der Waals surface area contributed by atoms with Gasteiger partial charge in [0.2, 0.25) is 5.91 Å². The van der Waals surface area contributed by atoms with Gasteiger partial charge in [0.05, 0.1) is 6.04 Å². The number of benzene rings is 1. The van der Waals surface area contributed by atoms with Gasteiger partial charge < -0.3 is 10.1 Å². The van der Waals surface area contributed by atoms with Crippen molar-refractivity contribution < 1.29 is 9.53 Å². The number of rotatable bonds is 6. The summed E-state index contributed by atoms with van der Waals surface area (Å²) in [6, 6.07) is 14.8. The number of hydrogen-bond donors (Lipinski definition) is 1. The maximum absolute atomic E-state index is 12.1. The van der Waals surface area contributed by atoms with Gasteiger partial charge in [-0.2, -0.15) is 0 Å². The predicted octanol–water partition coefficient (Wildman–Crippen LogP) is 4.16. The van der Waals surface area contributed by atoms with Crippen LogP contribution in [0.3, 0.4) is 0 Å². The van der Waals surface area contributed by atoms with Crippen LogP contribution in [0, 0.1) is 0 Å². The van der Waals surface area contributed by atoms with Gasteiger partial charge in [0.25, 0.3) is 0 Å². The summed E-state index contributed by atoms with van der Waals surface area (Å²) in [5, 5.41) is 2.95. The number of hydrogen-bond acceptors (Lipinski definition) is 4. The Balaban J connectivity index is 1.62. The molecule has 0 bridgehead atoms. The van der Waals surface area contributed by atoms with Crippen molar-refractivity contribution in [2.24, 2.45) is 0 Å². The van der Waals surface area contributed by atoms with E-state index in [0.29, 0.717) is 11.5 Å². The van der Waals surface area contributed by atoms with E-state index in [1.54, 1.807) is 43.0 Å². The number of ether oxygens (including phenoxy) is 1. The van der Waals surface area contributed by atoms with Gasteiger partial charge in [-0.3, -0.25) is 14.8 Å². The van der Waals surface area contributed by atoms with Gasteiger partial charge in [0.15, 0.2) is 0 Å². The third-order valence-corrected chi connectivity index (χ3v) is 3.74. The van der Waals surface area contributed by atoms with E-state index in [4.69, 9.17) is 4.74 Å². The molecule has 0 unspecified atom stereocenters. The highest BCUT2D eigenvalue weighted by atomic mass is 16.5. The molecule has 1 amide bonds. The van der Waals surface area contributed by atoms with E-state index in [-0.39, 0.29) is 11.9 Å². The molecule has 0 aliphatic heterocycles. The first-order valence-electron chi connectivity index (χ1n) is 8.27. The molecule has 3 aromatic rings. The maximum Gasteiger partial charge on any atom is 0.244 e. The van der Waals surface area contributed by atoms with Crippen LogP contribution in [0.15, 0.2) is 79.4 Å². The van der Waals surface area contributed by atoms with E-state index in [2.05, 4.69) is 15.3 Å². The van der Waals surface area contributed by atoms with E-state index >= 15 is 0 Å². The van der Waals surface area contributed by atoms with Gasteiger partial charge in [-0.15, -0.1) is 0 Å². The molecule has 0 radical (unpaired) electrons. The topological polar surface area (TPSA) is 64.1 Å². The summed E-state index contributed by atoms with van der Waals surface area (Å²) in [5.41, 5.74) is 1.89. The summed E-state index contributed by atoms with van der Waals surface area (Å²) in [6.07, 6.45) is 10.0. The zero-order chi connectivity index (χ0) is 18.2. The molecule has 2 heterocycles. The van der Waals surface area contributed by atoms with Gasteiger partial charge in [0.1, 0.15) is 11.5 Å². The highest BCUT2D eigenvalue weighted by molar-refractivity contribution is 5.91. The Morgan fingerprint density at radius 1 is 1.00 bits per heavy atom. The lowest BCUT2D eigenvalue weighted by Gasteiger charge is -2.14. The molecule has 130 valence electrons. The minimum Gasteiger partial charge on any atom is -0.457 e. The number of nitrogens with one attached hydrogen (secondary N) is 1. The van der Waals surface area contributed by atoms with Crippen molar-refractivity contribution >= 4 is 12.0 Å². The second-order valence-electron chi connectivity index (χ2n) is 5.70.